The summed E-state index contributed by atoms with van der Waals surface area (Å²) in [4.78, 5) is 2.53. The lowest BCUT2D eigenvalue weighted by Gasteiger charge is -2.32. The van der Waals surface area contributed by atoms with Crippen LogP contribution < -0.4 is 25.6 Å². The van der Waals surface area contributed by atoms with Crippen molar-refractivity contribution in [2.24, 2.45) is 0 Å². The van der Waals surface area contributed by atoms with Crippen LogP contribution in [0.5, 0.6) is 0 Å². The van der Waals surface area contributed by atoms with Crippen LogP contribution in [0.15, 0.2) is 249 Å². The molecule has 0 aromatic heterocycles. The Bertz CT molecular complexity index is 3400. The van der Waals surface area contributed by atoms with E-state index in [0.717, 1.165) is 11.4 Å². The van der Waals surface area contributed by atoms with E-state index in [0.29, 0.717) is 0 Å². The van der Waals surface area contributed by atoms with E-state index >= 15 is 0 Å². The molecule has 12 rings (SSSR count). The second-order valence-electron chi connectivity index (χ2n) is 16.4. The van der Waals surface area contributed by atoms with Gasteiger partial charge in [0.25, 0.3) is 0 Å². The minimum atomic E-state index is -2.82. The SMILES string of the molecule is c1ccc(-c2cccc3cccc(-c4ccc(N(c5cccc6c5-c5cc7ccccc7cc5[Si]6(c5ccccc5)c5ccccc5)c5cccc6ccccc56)cc4)c23)cc1. The van der Waals surface area contributed by atoms with E-state index in [4.69, 9.17) is 0 Å². The monoisotopic (exact) mass is 803 g/mol. The topological polar surface area (TPSA) is 3.24 Å². The molecular formula is C60H41NSi. The third-order valence-electron chi connectivity index (χ3n) is 13.1. The quantitative estimate of drug-likeness (QED) is 0.145. The Kier molecular flexibility index (Phi) is 8.58. The molecule has 0 saturated carbocycles. The first kappa shape index (κ1) is 36.1. The molecule has 1 heterocycles. The summed E-state index contributed by atoms with van der Waals surface area (Å²) in [5, 5.41) is 13.1. The second-order valence-corrected chi connectivity index (χ2v) is 20.1. The van der Waals surface area contributed by atoms with Gasteiger partial charge in [0, 0.05) is 16.6 Å². The van der Waals surface area contributed by atoms with Gasteiger partial charge in [-0.05, 0) is 106 Å². The Labute approximate surface area is 363 Å². The van der Waals surface area contributed by atoms with Gasteiger partial charge in [0.05, 0.1) is 11.4 Å². The van der Waals surface area contributed by atoms with Crippen molar-refractivity contribution < 1.29 is 0 Å². The summed E-state index contributed by atoms with van der Waals surface area (Å²) in [5.74, 6) is 0. The fraction of sp³-hybridized carbons (Fsp3) is 0. The number of rotatable bonds is 7. The summed E-state index contributed by atoms with van der Waals surface area (Å²) in [6, 6.07) is 92.6. The van der Waals surface area contributed by atoms with E-state index in [1.807, 2.05) is 0 Å². The largest absolute Gasteiger partial charge is 0.309 e. The highest BCUT2D eigenvalue weighted by Crippen LogP contribution is 2.46. The highest BCUT2D eigenvalue weighted by atomic mass is 28.3. The van der Waals surface area contributed by atoms with Crippen molar-refractivity contribution in [1.82, 2.24) is 0 Å². The van der Waals surface area contributed by atoms with Crippen molar-refractivity contribution in [2.45, 2.75) is 0 Å². The van der Waals surface area contributed by atoms with Crippen LogP contribution in [0.4, 0.5) is 17.1 Å². The van der Waals surface area contributed by atoms with Gasteiger partial charge in [-0.3, -0.25) is 0 Å². The molecule has 1 aliphatic rings. The maximum atomic E-state index is 2.53. The molecule has 62 heavy (non-hydrogen) atoms. The van der Waals surface area contributed by atoms with Gasteiger partial charge in [-0.2, -0.15) is 0 Å². The van der Waals surface area contributed by atoms with Gasteiger partial charge >= 0.3 is 0 Å². The fourth-order valence-electron chi connectivity index (χ4n) is 10.4. The predicted octanol–water partition coefficient (Wildman–Crippen LogP) is 13.3. The first-order valence-corrected chi connectivity index (χ1v) is 23.5. The van der Waals surface area contributed by atoms with E-state index in [2.05, 4.69) is 254 Å². The van der Waals surface area contributed by atoms with Gasteiger partial charge in [-0.15, -0.1) is 0 Å². The van der Waals surface area contributed by atoms with Crippen molar-refractivity contribution in [2.75, 3.05) is 4.90 Å². The molecule has 0 unspecified atom stereocenters. The van der Waals surface area contributed by atoms with E-state index in [1.54, 1.807) is 0 Å². The Hall–Kier alpha value is -7.78. The standard InChI is InChI=1S/C60H41NSi/c1-4-18-43(19-5-1)52-31-14-24-45-25-15-32-53(59(45)52)44-36-38-48(39-37-44)61(55-33-16-23-42-20-12-13-30-51(42)55)56-34-17-35-57-60(56)54-40-46-21-10-11-22-47(46)41-58(54)62(57,49-26-6-2-7-27-49)50-28-8-3-9-29-50/h1-41H. The van der Waals surface area contributed by atoms with E-state index in [-0.39, 0.29) is 0 Å². The van der Waals surface area contributed by atoms with Crippen LogP contribution in [0, 0.1) is 0 Å². The van der Waals surface area contributed by atoms with Crippen LogP contribution in [-0.4, -0.2) is 8.07 Å². The lowest BCUT2D eigenvalue weighted by molar-refractivity contribution is 1.30. The highest BCUT2D eigenvalue weighted by Gasteiger charge is 2.50. The number of hydrogen-bond donors (Lipinski definition) is 0. The minimum Gasteiger partial charge on any atom is -0.309 e. The summed E-state index contributed by atoms with van der Waals surface area (Å²) >= 11 is 0. The summed E-state index contributed by atoms with van der Waals surface area (Å²) in [7, 11) is -2.82. The highest BCUT2D eigenvalue weighted by molar-refractivity contribution is 7.22. The van der Waals surface area contributed by atoms with Crippen molar-refractivity contribution in [1.29, 1.82) is 0 Å². The maximum Gasteiger partial charge on any atom is 0.180 e. The molecule has 0 atom stereocenters. The summed E-state index contributed by atoms with van der Waals surface area (Å²) in [5.41, 5.74) is 11.0. The van der Waals surface area contributed by atoms with Gasteiger partial charge in [-0.25, -0.2) is 0 Å². The Morgan fingerprint density at radius 1 is 0.306 bits per heavy atom. The van der Waals surface area contributed by atoms with Crippen molar-refractivity contribution in [3.63, 3.8) is 0 Å². The molecular weight excluding hydrogens is 763 g/mol. The molecule has 0 saturated heterocycles. The van der Waals surface area contributed by atoms with Gasteiger partial charge in [0.15, 0.2) is 8.07 Å². The average molecular weight is 804 g/mol. The predicted molar refractivity (Wildman–Crippen MR) is 267 cm³/mol. The van der Waals surface area contributed by atoms with Crippen LogP contribution in [0.25, 0.3) is 65.7 Å². The number of nitrogens with zero attached hydrogens (tertiary/aromatic N) is 1. The first-order chi connectivity index (χ1) is 30.8. The first-order valence-electron chi connectivity index (χ1n) is 21.5. The van der Waals surface area contributed by atoms with Gasteiger partial charge in [-0.1, -0.05) is 218 Å². The Balaban J connectivity index is 1.13. The zero-order valence-corrected chi connectivity index (χ0v) is 35.1. The second kappa shape index (κ2) is 14.7. The molecule has 0 aliphatic carbocycles. The number of anilines is 3. The van der Waals surface area contributed by atoms with Crippen molar-refractivity contribution in [3.05, 3.63) is 249 Å². The minimum absolute atomic E-state index is 1.11. The zero-order chi connectivity index (χ0) is 41.0. The summed E-state index contributed by atoms with van der Waals surface area (Å²) in [6.45, 7) is 0. The summed E-state index contributed by atoms with van der Waals surface area (Å²) in [6.07, 6.45) is 0. The van der Waals surface area contributed by atoms with Crippen LogP contribution >= 0.6 is 0 Å². The van der Waals surface area contributed by atoms with Crippen LogP contribution in [0.2, 0.25) is 0 Å². The van der Waals surface area contributed by atoms with Crippen molar-refractivity contribution >= 4 is 78.2 Å². The summed E-state index contributed by atoms with van der Waals surface area (Å²) < 4.78 is 0. The van der Waals surface area contributed by atoms with Crippen molar-refractivity contribution in [3.8, 4) is 33.4 Å². The van der Waals surface area contributed by atoms with E-state index in [1.165, 1.54) is 92.1 Å². The molecule has 0 fully saturated rings. The number of hydrogen-bond acceptors (Lipinski definition) is 1. The van der Waals surface area contributed by atoms with Gasteiger partial charge in [0.1, 0.15) is 0 Å². The third kappa shape index (κ3) is 5.61. The smallest absolute Gasteiger partial charge is 0.180 e. The lowest BCUT2D eigenvalue weighted by atomic mass is 9.91. The van der Waals surface area contributed by atoms with Crippen LogP contribution in [0.1, 0.15) is 0 Å². The molecule has 290 valence electrons. The molecule has 1 aliphatic heterocycles. The molecule has 11 aromatic carbocycles. The lowest BCUT2D eigenvalue weighted by Crippen LogP contribution is -2.72. The third-order valence-corrected chi connectivity index (χ3v) is 17.9. The Morgan fingerprint density at radius 3 is 1.48 bits per heavy atom. The number of fused-ring (bicyclic) bond motifs is 6. The van der Waals surface area contributed by atoms with Crippen LogP contribution in [-0.2, 0) is 0 Å². The molecule has 2 heteroatoms. The molecule has 0 amide bonds. The molecule has 0 spiro atoms. The zero-order valence-electron chi connectivity index (χ0n) is 34.1. The molecule has 11 aromatic rings. The average Bonchev–Trinajstić information content (AvgIpc) is 3.64. The van der Waals surface area contributed by atoms with E-state index < -0.39 is 8.07 Å². The molecule has 1 nitrogen and oxygen atoms in total. The number of benzene rings is 11. The normalized spacial score (nSPS) is 12.6. The molecule has 0 N–H and O–H groups in total. The fourth-order valence-corrected chi connectivity index (χ4v) is 15.6. The maximum absolute atomic E-state index is 2.82. The van der Waals surface area contributed by atoms with E-state index in [9.17, 15) is 0 Å². The van der Waals surface area contributed by atoms with Crippen LogP contribution in [0.3, 0.4) is 0 Å². The molecule has 0 radical (unpaired) electrons. The molecule has 0 bridgehead atoms. The van der Waals surface area contributed by atoms with Gasteiger partial charge < -0.3 is 4.90 Å². The van der Waals surface area contributed by atoms with Gasteiger partial charge in [0.2, 0.25) is 0 Å². The Morgan fingerprint density at radius 2 is 0.806 bits per heavy atom.